The summed E-state index contributed by atoms with van der Waals surface area (Å²) >= 11 is 0. The van der Waals surface area contributed by atoms with Gasteiger partial charge in [0.1, 0.15) is 0 Å². The number of para-hydroxylation sites is 1. The molecule has 206 valence electrons. The van der Waals surface area contributed by atoms with Gasteiger partial charge in [-0.3, -0.25) is 9.59 Å². The van der Waals surface area contributed by atoms with Crippen LogP contribution in [0.2, 0.25) is 0 Å². The zero-order valence-corrected chi connectivity index (χ0v) is 24.1. The second-order valence-electron chi connectivity index (χ2n) is 10.7. The van der Waals surface area contributed by atoms with Crippen LogP contribution in [0, 0.1) is 19.8 Å². The number of amides is 1. The number of aromatic nitrogens is 2. The van der Waals surface area contributed by atoms with Gasteiger partial charge in [0, 0.05) is 53.5 Å². The highest BCUT2D eigenvalue weighted by atomic mass is 32.2. The number of pyridine rings is 1. The van der Waals surface area contributed by atoms with Crippen LogP contribution in [-0.4, -0.2) is 46.5 Å². The molecule has 9 heteroatoms. The van der Waals surface area contributed by atoms with Crippen LogP contribution in [0.1, 0.15) is 79.5 Å². The molecule has 1 unspecified atom stereocenters. The Morgan fingerprint density at radius 3 is 2.42 bits per heavy atom. The van der Waals surface area contributed by atoms with Crippen LogP contribution in [0.3, 0.4) is 0 Å². The van der Waals surface area contributed by atoms with Crippen molar-refractivity contribution >= 4 is 26.8 Å². The van der Waals surface area contributed by atoms with Gasteiger partial charge in [-0.05, 0) is 77.5 Å². The summed E-state index contributed by atoms with van der Waals surface area (Å²) in [6.45, 7) is 12.6. The molecular weight excluding hydrogens is 500 g/mol. The second-order valence-corrected chi connectivity index (χ2v) is 13.2. The zero-order valence-electron chi connectivity index (χ0n) is 23.3. The van der Waals surface area contributed by atoms with E-state index in [4.69, 9.17) is 0 Å². The van der Waals surface area contributed by atoms with Crippen LogP contribution in [0.5, 0.6) is 0 Å². The van der Waals surface area contributed by atoms with Gasteiger partial charge in [0.05, 0.1) is 10.8 Å². The summed E-state index contributed by atoms with van der Waals surface area (Å²) in [6.07, 6.45) is 2.26. The molecular formula is C29H40N4O4S. The summed E-state index contributed by atoms with van der Waals surface area (Å²) in [5, 5.41) is 3.46. The number of carbonyl (C=O) groups excluding carboxylic acids is 1. The van der Waals surface area contributed by atoms with Crippen LogP contribution < -0.4 is 10.9 Å². The number of piperidine rings is 1. The molecule has 3 aromatic rings. The summed E-state index contributed by atoms with van der Waals surface area (Å²) in [6, 6.07) is 9.96. The van der Waals surface area contributed by atoms with E-state index in [0.717, 1.165) is 40.7 Å². The number of rotatable bonds is 8. The zero-order chi connectivity index (χ0) is 27.8. The predicted octanol–water partition coefficient (Wildman–Crippen LogP) is 4.45. The molecule has 1 aromatic carbocycles. The largest absolute Gasteiger partial charge is 0.348 e. The van der Waals surface area contributed by atoms with Gasteiger partial charge in [0.15, 0.2) is 0 Å². The molecule has 1 amide bonds. The molecule has 0 aliphatic carbocycles. The Morgan fingerprint density at radius 1 is 1.13 bits per heavy atom. The minimum Gasteiger partial charge on any atom is -0.348 e. The number of benzene rings is 1. The van der Waals surface area contributed by atoms with Crippen LogP contribution in [0.25, 0.3) is 10.9 Å². The number of fused-ring (bicyclic) bond motifs is 1. The summed E-state index contributed by atoms with van der Waals surface area (Å²) < 4.78 is 29.1. The summed E-state index contributed by atoms with van der Waals surface area (Å²) in [5.74, 6) is 0.0850. The molecule has 2 N–H and O–H groups in total. The molecule has 0 radical (unpaired) electrons. The number of nitrogens with zero attached hydrogens (tertiary/aromatic N) is 2. The van der Waals surface area contributed by atoms with E-state index < -0.39 is 15.3 Å². The molecule has 38 heavy (non-hydrogen) atoms. The van der Waals surface area contributed by atoms with Gasteiger partial charge in [0.2, 0.25) is 10.0 Å². The van der Waals surface area contributed by atoms with Crippen molar-refractivity contribution in [3.63, 3.8) is 0 Å². The van der Waals surface area contributed by atoms with E-state index in [2.05, 4.69) is 21.8 Å². The lowest BCUT2D eigenvalue weighted by molar-refractivity contribution is 0.0951. The van der Waals surface area contributed by atoms with Crippen molar-refractivity contribution in [2.45, 2.75) is 78.6 Å². The molecule has 0 spiro atoms. The number of carbonyl (C=O) groups is 1. The summed E-state index contributed by atoms with van der Waals surface area (Å²) in [5.41, 5.74) is 4.65. The number of nitrogens with one attached hydrogen (secondary N) is 2. The lowest BCUT2D eigenvalue weighted by Gasteiger charge is -2.36. The number of hydrogen-bond acceptors (Lipinski definition) is 4. The molecule has 2 aromatic heterocycles. The first-order valence-electron chi connectivity index (χ1n) is 13.6. The lowest BCUT2D eigenvalue weighted by Crippen LogP contribution is -2.43. The fourth-order valence-electron chi connectivity index (χ4n) is 5.88. The Morgan fingerprint density at radius 2 is 1.79 bits per heavy atom. The number of hydrogen-bond donors (Lipinski definition) is 2. The third-order valence-electron chi connectivity index (χ3n) is 8.10. The van der Waals surface area contributed by atoms with E-state index in [0.29, 0.717) is 30.6 Å². The summed E-state index contributed by atoms with van der Waals surface area (Å²) in [4.78, 5) is 29.0. The first-order chi connectivity index (χ1) is 18.0. The Balaban J connectivity index is 1.60. The quantitative estimate of drug-likeness (QED) is 0.440. The average Bonchev–Trinajstić information content (AvgIpc) is 3.18. The monoisotopic (exact) mass is 540 g/mol. The Bertz CT molecular complexity index is 1490. The second kappa shape index (κ2) is 11.1. The average molecular weight is 541 g/mol. The van der Waals surface area contributed by atoms with E-state index >= 15 is 0 Å². The fourth-order valence-corrected chi connectivity index (χ4v) is 7.19. The number of aryl methyl sites for hydroxylation is 2. The van der Waals surface area contributed by atoms with Crippen LogP contribution in [0.15, 0.2) is 35.1 Å². The Kier molecular flexibility index (Phi) is 8.18. The van der Waals surface area contributed by atoms with E-state index in [1.807, 2.05) is 51.1 Å². The minimum absolute atomic E-state index is 0.0944. The van der Waals surface area contributed by atoms with E-state index in [-0.39, 0.29) is 30.0 Å². The van der Waals surface area contributed by atoms with Gasteiger partial charge in [-0.2, -0.15) is 0 Å². The van der Waals surface area contributed by atoms with Gasteiger partial charge >= 0.3 is 0 Å². The van der Waals surface area contributed by atoms with Gasteiger partial charge in [-0.1, -0.05) is 25.1 Å². The summed E-state index contributed by atoms with van der Waals surface area (Å²) in [7, 11) is -3.25. The maximum Gasteiger partial charge on any atom is 0.254 e. The highest BCUT2D eigenvalue weighted by molar-refractivity contribution is 7.89. The Hall–Kier alpha value is -2.91. The van der Waals surface area contributed by atoms with Crippen LogP contribution >= 0.6 is 0 Å². The van der Waals surface area contributed by atoms with Crippen molar-refractivity contribution in [3.8, 4) is 0 Å². The smallest absolute Gasteiger partial charge is 0.254 e. The molecule has 0 saturated carbocycles. The number of H-pyrrole nitrogens is 1. The van der Waals surface area contributed by atoms with Crippen molar-refractivity contribution in [3.05, 3.63) is 68.8 Å². The van der Waals surface area contributed by atoms with Gasteiger partial charge < -0.3 is 14.9 Å². The van der Waals surface area contributed by atoms with Crippen molar-refractivity contribution in [2.75, 3.05) is 13.1 Å². The molecule has 4 rings (SSSR count). The van der Waals surface area contributed by atoms with Crippen molar-refractivity contribution in [1.29, 1.82) is 0 Å². The first kappa shape index (κ1) is 28.1. The van der Waals surface area contributed by atoms with Gasteiger partial charge in [-0.15, -0.1) is 0 Å². The van der Waals surface area contributed by atoms with Crippen molar-refractivity contribution in [1.82, 2.24) is 19.2 Å². The molecule has 1 aliphatic rings. The maximum atomic E-state index is 13.6. The Labute approximate surface area is 225 Å². The molecule has 1 atom stereocenters. The molecule has 1 aliphatic heterocycles. The van der Waals surface area contributed by atoms with Crippen LogP contribution in [-0.2, 0) is 23.0 Å². The van der Waals surface area contributed by atoms with Crippen molar-refractivity contribution in [2.24, 2.45) is 5.92 Å². The van der Waals surface area contributed by atoms with Gasteiger partial charge in [-0.25, -0.2) is 12.7 Å². The highest BCUT2D eigenvalue weighted by Gasteiger charge is 2.34. The third-order valence-corrected chi connectivity index (χ3v) is 10.4. The predicted molar refractivity (Wildman–Crippen MR) is 152 cm³/mol. The standard InChI is InChI=1S/C29H40N4O4S/c1-7-22-16-19(4)31-28(34)25(22)17-30-29(35)27-21(6)33(26-11-9-8-10-24(26)27)20(5)23-12-14-32(15-13-23)38(36,37)18(2)3/h8-11,16,18,20,23H,7,12-15,17H2,1-6H3,(H,30,35)(H,31,34). The SMILES string of the molecule is CCc1cc(C)[nH]c(=O)c1CNC(=O)c1c(C)n(C(C)C2CCN(S(=O)(=O)C(C)C)CC2)c2ccccc12. The van der Waals surface area contributed by atoms with Crippen LogP contribution in [0.4, 0.5) is 0 Å². The molecule has 1 fully saturated rings. The van der Waals surface area contributed by atoms with E-state index in [9.17, 15) is 18.0 Å². The molecule has 1 saturated heterocycles. The van der Waals surface area contributed by atoms with E-state index in [1.54, 1.807) is 18.2 Å². The molecule has 0 bridgehead atoms. The first-order valence-corrected chi connectivity index (χ1v) is 15.1. The normalized spacial score (nSPS) is 16.3. The van der Waals surface area contributed by atoms with E-state index in [1.165, 1.54) is 0 Å². The molecule has 8 nitrogen and oxygen atoms in total. The highest BCUT2D eigenvalue weighted by Crippen LogP contribution is 2.36. The van der Waals surface area contributed by atoms with Gasteiger partial charge in [0.25, 0.3) is 11.5 Å². The number of sulfonamides is 1. The fraction of sp³-hybridized carbons (Fsp3) is 0.517. The lowest BCUT2D eigenvalue weighted by atomic mass is 9.91. The maximum absolute atomic E-state index is 13.6. The molecule has 3 heterocycles. The third kappa shape index (κ3) is 5.18. The minimum atomic E-state index is -3.25. The van der Waals surface area contributed by atoms with Crippen molar-refractivity contribution < 1.29 is 13.2 Å². The topological polar surface area (TPSA) is 104 Å². The number of aromatic amines is 1.